The lowest BCUT2D eigenvalue weighted by Gasteiger charge is -2.01. The van der Waals surface area contributed by atoms with Crippen molar-refractivity contribution in [3.63, 3.8) is 0 Å². The molecule has 1 aliphatic heterocycles. The minimum absolute atomic E-state index is 0.0792. The third-order valence-corrected chi connectivity index (χ3v) is 3.17. The van der Waals surface area contributed by atoms with Gasteiger partial charge in [-0.1, -0.05) is 17.3 Å². The smallest absolute Gasteiger partial charge is 0.243 e. The predicted molar refractivity (Wildman–Crippen MR) is 64.9 cm³/mol. The minimum Gasteiger partial charge on any atom is -0.392 e. The molecule has 100 valence electrons. The summed E-state index contributed by atoms with van der Waals surface area (Å²) in [6.07, 6.45) is 0.717. The van der Waals surface area contributed by atoms with Crippen LogP contribution in [0.2, 0.25) is 0 Å². The Hall–Kier alpha value is -1.79. The number of nitrogens with zero attached hydrogens (tertiary/aromatic N) is 2. The molecule has 1 fully saturated rings. The van der Waals surface area contributed by atoms with Crippen LogP contribution in [0, 0.1) is 5.82 Å². The lowest BCUT2D eigenvalue weighted by atomic mass is 10.1. The number of rotatable bonds is 3. The number of aromatic nitrogens is 2. The van der Waals surface area contributed by atoms with Gasteiger partial charge in [-0.05, 0) is 24.1 Å². The molecule has 2 heterocycles. The van der Waals surface area contributed by atoms with Crippen molar-refractivity contribution in [2.24, 2.45) is 0 Å². The summed E-state index contributed by atoms with van der Waals surface area (Å²) >= 11 is 0. The van der Waals surface area contributed by atoms with E-state index in [0.717, 1.165) is 5.56 Å². The fraction of sp³-hybridized carbons (Fsp3) is 0.385. The zero-order valence-corrected chi connectivity index (χ0v) is 10.2. The summed E-state index contributed by atoms with van der Waals surface area (Å²) in [5.74, 6) is 0.792. The second-order valence-corrected chi connectivity index (χ2v) is 4.70. The summed E-state index contributed by atoms with van der Waals surface area (Å²) in [6.45, 7) is 0.542. The predicted octanol–water partition coefficient (Wildman–Crippen LogP) is 1.19. The maximum absolute atomic E-state index is 12.8. The molecule has 0 amide bonds. The quantitative estimate of drug-likeness (QED) is 0.870. The number of nitrogens with one attached hydrogen (secondary N) is 1. The highest BCUT2D eigenvalue weighted by Gasteiger charge is 2.27. The second kappa shape index (κ2) is 5.07. The first-order chi connectivity index (χ1) is 9.20. The van der Waals surface area contributed by atoms with Crippen LogP contribution in [-0.4, -0.2) is 27.9 Å². The van der Waals surface area contributed by atoms with Gasteiger partial charge in [0.25, 0.3) is 0 Å². The van der Waals surface area contributed by atoms with E-state index in [1.54, 1.807) is 12.1 Å². The van der Waals surface area contributed by atoms with Crippen LogP contribution in [0.4, 0.5) is 4.39 Å². The van der Waals surface area contributed by atoms with Crippen LogP contribution in [0.15, 0.2) is 28.8 Å². The molecule has 2 N–H and O–H groups in total. The molecule has 2 atom stereocenters. The summed E-state index contributed by atoms with van der Waals surface area (Å²) in [5.41, 5.74) is 0.924. The van der Waals surface area contributed by atoms with Gasteiger partial charge in [0.15, 0.2) is 5.82 Å². The van der Waals surface area contributed by atoms with Crippen LogP contribution in [0.5, 0.6) is 0 Å². The number of hydrogen-bond donors (Lipinski definition) is 2. The number of aliphatic hydroxyl groups excluding tert-OH is 1. The maximum atomic E-state index is 12.8. The van der Waals surface area contributed by atoms with Crippen molar-refractivity contribution in [2.45, 2.75) is 25.0 Å². The molecule has 0 radical (unpaired) electrons. The summed E-state index contributed by atoms with van der Waals surface area (Å²) in [7, 11) is 0. The Morgan fingerprint density at radius 1 is 1.37 bits per heavy atom. The van der Waals surface area contributed by atoms with Gasteiger partial charge in [0.1, 0.15) is 5.82 Å². The van der Waals surface area contributed by atoms with Crippen LogP contribution in [0.3, 0.4) is 0 Å². The molecule has 0 aliphatic carbocycles. The van der Waals surface area contributed by atoms with Gasteiger partial charge in [0.05, 0.1) is 12.1 Å². The number of benzene rings is 1. The summed E-state index contributed by atoms with van der Waals surface area (Å²) in [6, 6.07) is 6.13. The zero-order valence-electron chi connectivity index (χ0n) is 10.2. The van der Waals surface area contributed by atoms with E-state index in [-0.39, 0.29) is 18.0 Å². The van der Waals surface area contributed by atoms with Gasteiger partial charge in [0.2, 0.25) is 5.89 Å². The van der Waals surface area contributed by atoms with Crippen LogP contribution in [-0.2, 0) is 6.42 Å². The SMILES string of the molecule is O[C@@H]1CN[C@H](c2nc(Cc3ccc(F)cc3)no2)C1. The number of halogens is 1. The average Bonchev–Trinajstić information content (AvgIpc) is 3.01. The highest BCUT2D eigenvalue weighted by atomic mass is 19.1. The van der Waals surface area contributed by atoms with E-state index in [1.165, 1.54) is 12.1 Å². The van der Waals surface area contributed by atoms with Crippen molar-refractivity contribution in [3.05, 3.63) is 47.4 Å². The molecule has 1 aliphatic rings. The van der Waals surface area contributed by atoms with E-state index >= 15 is 0 Å². The molecule has 19 heavy (non-hydrogen) atoms. The molecular formula is C13H14FN3O2. The van der Waals surface area contributed by atoms with Crippen molar-refractivity contribution in [2.75, 3.05) is 6.54 Å². The summed E-state index contributed by atoms with van der Waals surface area (Å²) < 4.78 is 18.0. The van der Waals surface area contributed by atoms with E-state index in [9.17, 15) is 9.50 Å². The topological polar surface area (TPSA) is 71.2 Å². The Bertz CT molecular complexity index is 555. The van der Waals surface area contributed by atoms with E-state index in [1.807, 2.05) is 0 Å². The number of hydrogen-bond acceptors (Lipinski definition) is 5. The highest BCUT2D eigenvalue weighted by Crippen LogP contribution is 2.22. The maximum Gasteiger partial charge on any atom is 0.243 e. The van der Waals surface area contributed by atoms with Crippen molar-refractivity contribution >= 4 is 0 Å². The molecule has 1 aromatic heterocycles. The largest absolute Gasteiger partial charge is 0.392 e. The molecule has 0 unspecified atom stereocenters. The van der Waals surface area contributed by atoms with Crippen LogP contribution in [0.1, 0.15) is 29.7 Å². The summed E-state index contributed by atoms with van der Waals surface area (Å²) in [5, 5.41) is 16.5. The fourth-order valence-electron chi connectivity index (χ4n) is 2.17. The van der Waals surface area contributed by atoms with Crippen molar-refractivity contribution < 1.29 is 14.0 Å². The average molecular weight is 263 g/mol. The van der Waals surface area contributed by atoms with Gasteiger partial charge in [-0.3, -0.25) is 0 Å². The molecule has 0 bridgehead atoms. The second-order valence-electron chi connectivity index (χ2n) is 4.70. The normalized spacial score (nSPS) is 22.8. The van der Waals surface area contributed by atoms with Crippen molar-refractivity contribution in [3.8, 4) is 0 Å². The Morgan fingerprint density at radius 3 is 2.84 bits per heavy atom. The Kier molecular flexibility index (Phi) is 3.27. The highest BCUT2D eigenvalue weighted by molar-refractivity contribution is 5.19. The van der Waals surface area contributed by atoms with Gasteiger partial charge in [-0.25, -0.2) is 4.39 Å². The van der Waals surface area contributed by atoms with Crippen molar-refractivity contribution in [1.29, 1.82) is 0 Å². The van der Waals surface area contributed by atoms with Gasteiger partial charge in [0, 0.05) is 13.0 Å². The van der Waals surface area contributed by atoms with Crippen LogP contribution >= 0.6 is 0 Å². The van der Waals surface area contributed by atoms with Gasteiger partial charge in [-0.15, -0.1) is 0 Å². The molecule has 2 aromatic rings. The molecule has 6 heteroatoms. The molecular weight excluding hydrogens is 249 g/mol. The van der Waals surface area contributed by atoms with E-state index in [0.29, 0.717) is 31.1 Å². The van der Waals surface area contributed by atoms with Crippen LogP contribution < -0.4 is 5.32 Å². The van der Waals surface area contributed by atoms with Gasteiger partial charge < -0.3 is 14.9 Å². The molecule has 1 aromatic carbocycles. The van der Waals surface area contributed by atoms with E-state index in [2.05, 4.69) is 15.5 Å². The first kappa shape index (κ1) is 12.3. The fourth-order valence-corrected chi connectivity index (χ4v) is 2.17. The lowest BCUT2D eigenvalue weighted by Crippen LogP contribution is -2.15. The molecule has 3 rings (SSSR count). The minimum atomic E-state index is -0.363. The van der Waals surface area contributed by atoms with Crippen molar-refractivity contribution in [1.82, 2.24) is 15.5 Å². The first-order valence-corrected chi connectivity index (χ1v) is 6.19. The monoisotopic (exact) mass is 263 g/mol. The number of aliphatic hydroxyl groups is 1. The molecule has 5 nitrogen and oxygen atoms in total. The Morgan fingerprint density at radius 2 is 2.16 bits per heavy atom. The standard InChI is InChI=1S/C13H14FN3O2/c14-9-3-1-8(2-4-9)5-12-16-13(19-17-12)11-6-10(18)7-15-11/h1-4,10-11,15,18H,5-7H2/t10-,11-/m0/s1. The lowest BCUT2D eigenvalue weighted by molar-refractivity contribution is 0.191. The van der Waals surface area contributed by atoms with E-state index in [4.69, 9.17) is 4.52 Å². The van der Waals surface area contributed by atoms with Gasteiger partial charge >= 0.3 is 0 Å². The third kappa shape index (κ3) is 2.80. The third-order valence-electron chi connectivity index (χ3n) is 3.17. The number of β-amino-alcohol motifs (C(OH)–C–C–N with tert-alkyl or cyclic N) is 1. The Labute approximate surface area is 109 Å². The van der Waals surface area contributed by atoms with Gasteiger partial charge in [-0.2, -0.15) is 4.98 Å². The van der Waals surface area contributed by atoms with Crippen LogP contribution in [0.25, 0.3) is 0 Å². The Balaban J connectivity index is 1.69. The molecule has 0 spiro atoms. The first-order valence-electron chi connectivity index (χ1n) is 6.19. The molecule has 1 saturated heterocycles. The zero-order chi connectivity index (χ0) is 13.2. The molecule has 0 saturated carbocycles. The van der Waals surface area contributed by atoms with E-state index < -0.39 is 0 Å². The summed E-state index contributed by atoms with van der Waals surface area (Å²) in [4.78, 5) is 4.30.